The summed E-state index contributed by atoms with van der Waals surface area (Å²) in [6.45, 7) is 8.15. The van der Waals surface area contributed by atoms with Crippen molar-refractivity contribution in [3.8, 4) is 5.75 Å². The van der Waals surface area contributed by atoms with Gasteiger partial charge >= 0.3 is 5.63 Å². The Morgan fingerprint density at radius 3 is 2.55 bits per heavy atom. The van der Waals surface area contributed by atoms with E-state index in [9.17, 15) is 9.90 Å². The zero-order chi connectivity index (χ0) is 16.3. The van der Waals surface area contributed by atoms with Crippen LogP contribution in [-0.2, 0) is 6.42 Å². The number of rotatable bonds is 6. The van der Waals surface area contributed by atoms with Crippen LogP contribution in [0.3, 0.4) is 0 Å². The number of phenols is 1. The maximum atomic E-state index is 12.1. The first-order valence-electron chi connectivity index (χ1n) is 8.24. The van der Waals surface area contributed by atoms with Crippen LogP contribution in [0.4, 0.5) is 0 Å². The van der Waals surface area contributed by atoms with E-state index in [0.29, 0.717) is 5.58 Å². The van der Waals surface area contributed by atoms with Crippen LogP contribution in [0.5, 0.6) is 5.75 Å². The minimum absolute atomic E-state index is 0.127. The molecule has 1 N–H and O–H groups in total. The van der Waals surface area contributed by atoms with Crippen molar-refractivity contribution in [1.82, 2.24) is 0 Å². The topological polar surface area (TPSA) is 50.4 Å². The van der Waals surface area contributed by atoms with Gasteiger partial charge < -0.3 is 9.52 Å². The molecule has 1 heterocycles. The number of fused-ring (bicyclic) bond motifs is 1. The van der Waals surface area contributed by atoms with Crippen molar-refractivity contribution in [3.05, 3.63) is 39.2 Å². The lowest BCUT2D eigenvalue weighted by Crippen LogP contribution is -2.11. The van der Waals surface area contributed by atoms with Crippen LogP contribution in [0.15, 0.2) is 21.3 Å². The molecule has 1 aromatic carbocycles. The third kappa shape index (κ3) is 3.34. The number of aromatic hydroxyl groups is 1. The van der Waals surface area contributed by atoms with Crippen LogP contribution in [-0.4, -0.2) is 5.11 Å². The summed E-state index contributed by atoms with van der Waals surface area (Å²) in [4.78, 5) is 12.1. The van der Waals surface area contributed by atoms with E-state index in [0.717, 1.165) is 34.9 Å². The van der Waals surface area contributed by atoms with Gasteiger partial charge in [0.05, 0.1) is 0 Å². The van der Waals surface area contributed by atoms with E-state index in [2.05, 4.69) is 6.92 Å². The molecule has 1 aromatic heterocycles. The molecule has 0 aliphatic carbocycles. The van der Waals surface area contributed by atoms with Crippen LogP contribution in [0.1, 0.15) is 69.1 Å². The van der Waals surface area contributed by atoms with Crippen molar-refractivity contribution in [2.24, 2.45) is 0 Å². The van der Waals surface area contributed by atoms with Crippen LogP contribution < -0.4 is 5.63 Å². The second-order valence-corrected chi connectivity index (χ2v) is 6.37. The second-order valence-electron chi connectivity index (χ2n) is 6.37. The summed E-state index contributed by atoms with van der Waals surface area (Å²) in [6.07, 6.45) is 5.52. The molecule has 22 heavy (non-hydrogen) atoms. The summed E-state index contributed by atoms with van der Waals surface area (Å²) in [5, 5.41) is 11.1. The predicted octanol–water partition coefficient (Wildman–Crippen LogP) is 5.05. The molecule has 0 atom stereocenters. The summed E-state index contributed by atoms with van der Waals surface area (Å²) in [5.74, 6) is 0.353. The van der Waals surface area contributed by atoms with Gasteiger partial charge in [0.25, 0.3) is 0 Å². The van der Waals surface area contributed by atoms with Gasteiger partial charge in [-0.05, 0) is 42.9 Å². The Morgan fingerprint density at radius 1 is 1.18 bits per heavy atom. The number of aryl methyl sites for hydroxylation is 2. The van der Waals surface area contributed by atoms with E-state index in [1.165, 1.54) is 19.3 Å². The van der Waals surface area contributed by atoms with Crippen LogP contribution in [0.2, 0.25) is 0 Å². The van der Waals surface area contributed by atoms with Gasteiger partial charge in [-0.15, -0.1) is 0 Å². The number of benzene rings is 1. The summed E-state index contributed by atoms with van der Waals surface area (Å²) in [7, 11) is 0. The lowest BCUT2D eigenvalue weighted by molar-refractivity contribution is 0.463. The number of hydrogen-bond donors (Lipinski definition) is 1. The third-order valence-corrected chi connectivity index (χ3v) is 4.29. The average molecular weight is 302 g/mol. The lowest BCUT2D eigenvalue weighted by Gasteiger charge is -2.12. The van der Waals surface area contributed by atoms with Crippen molar-refractivity contribution >= 4 is 11.0 Å². The Kier molecular flexibility index (Phi) is 5.28. The highest BCUT2D eigenvalue weighted by Gasteiger charge is 2.16. The van der Waals surface area contributed by atoms with Gasteiger partial charge in [0.1, 0.15) is 11.3 Å². The molecular formula is C19H26O3. The standard InChI is InChI=1S/C19H26O3/c1-5-6-7-8-9-14-10-15-13(4)18(12(2)3)19(21)22-17(15)11-16(14)20/h10-12,20H,5-9H2,1-4H3. The third-order valence-electron chi connectivity index (χ3n) is 4.29. The van der Waals surface area contributed by atoms with E-state index in [1.54, 1.807) is 6.07 Å². The van der Waals surface area contributed by atoms with Crippen molar-refractivity contribution < 1.29 is 9.52 Å². The Morgan fingerprint density at radius 2 is 1.91 bits per heavy atom. The Bertz CT molecular complexity index is 711. The summed E-state index contributed by atoms with van der Waals surface area (Å²) >= 11 is 0. The maximum absolute atomic E-state index is 12.1. The molecule has 120 valence electrons. The Balaban J connectivity index is 2.45. The van der Waals surface area contributed by atoms with E-state index in [-0.39, 0.29) is 17.3 Å². The molecule has 2 rings (SSSR count). The molecule has 3 nitrogen and oxygen atoms in total. The van der Waals surface area contributed by atoms with Gasteiger partial charge in [-0.2, -0.15) is 0 Å². The first-order chi connectivity index (χ1) is 10.5. The van der Waals surface area contributed by atoms with Crippen LogP contribution in [0.25, 0.3) is 11.0 Å². The van der Waals surface area contributed by atoms with Crippen molar-refractivity contribution in [1.29, 1.82) is 0 Å². The van der Waals surface area contributed by atoms with Gasteiger partial charge in [0.15, 0.2) is 0 Å². The average Bonchev–Trinajstić information content (AvgIpc) is 2.44. The zero-order valence-corrected chi connectivity index (χ0v) is 14.0. The molecular weight excluding hydrogens is 276 g/mol. The molecule has 2 aromatic rings. The molecule has 0 saturated carbocycles. The lowest BCUT2D eigenvalue weighted by atomic mass is 9.95. The van der Waals surface area contributed by atoms with Gasteiger partial charge in [-0.25, -0.2) is 4.79 Å². The normalized spacial score (nSPS) is 11.5. The minimum Gasteiger partial charge on any atom is -0.508 e. The molecule has 0 radical (unpaired) electrons. The molecule has 0 saturated heterocycles. The monoisotopic (exact) mass is 302 g/mol. The molecule has 0 unspecified atom stereocenters. The number of unbranched alkanes of at least 4 members (excludes halogenated alkanes) is 3. The Labute approximate surface area is 132 Å². The van der Waals surface area contributed by atoms with Gasteiger partial charge in [0.2, 0.25) is 0 Å². The summed E-state index contributed by atoms with van der Waals surface area (Å²) in [5.41, 5.74) is 2.82. The van der Waals surface area contributed by atoms with Crippen molar-refractivity contribution in [2.75, 3.05) is 0 Å². The van der Waals surface area contributed by atoms with E-state index < -0.39 is 0 Å². The fraction of sp³-hybridized carbons (Fsp3) is 0.526. The predicted molar refractivity (Wildman–Crippen MR) is 90.8 cm³/mol. The van der Waals surface area contributed by atoms with Crippen molar-refractivity contribution in [3.63, 3.8) is 0 Å². The molecule has 0 spiro atoms. The molecule has 0 fully saturated rings. The maximum Gasteiger partial charge on any atom is 0.339 e. The highest BCUT2D eigenvalue weighted by molar-refractivity contribution is 5.83. The zero-order valence-electron chi connectivity index (χ0n) is 14.0. The fourth-order valence-corrected chi connectivity index (χ4v) is 3.06. The van der Waals surface area contributed by atoms with Gasteiger partial charge in [-0.3, -0.25) is 0 Å². The van der Waals surface area contributed by atoms with Gasteiger partial charge in [-0.1, -0.05) is 40.0 Å². The SMILES string of the molecule is CCCCCCc1cc2c(C)c(C(C)C)c(=O)oc2cc1O. The van der Waals surface area contributed by atoms with Crippen LogP contribution in [0, 0.1) is 6.92 Å². The molecule has 0 amide bonds. The quantitative estimate of drug-likeness (QED) is 0.600. The largest absolute Gasteiger partial charge is 0.508 e. The summed E-state index contributed by atoms with van der Waals surface area (Å²) < 4.78 is 5.40. The molecule has 0 aliphatic rings. The molecule has 0 aliphatic heterocycles. The van der Waals surface area contributed by atoms with E-state index in [4.69, 9.17) is 4.42 Å². The highest BCUT2D eigenvalue weighted by atomic mass is 16.4. The number of hydrogen-bond acceptors (Lipinski definition) is 3. The van der Waals surface area contributed by atoms with Gasteiger partial charge in [0, 0.05) is 17.0 Å². The van der Waals surface area contributed by atoms with Crippen molar-refractivity contribution in [2.45, 2.75) is 65.7 Å². The minimum atomic E-state index is -0.296. The second kappa shape index (κ2) is 6.99. The van der Waals surface area contributed by atoms with Crippen LogP contribution >= 0.6 is 0 Å². The molecule has 0 bridgehead atoms. The summed E-state index contributed by atoms with van der Waals surface area (Å²) in [6, 6.07) is 3.57. The fourth-order valence-electron chi connectivity index (χ4n) is 3.06. The number of phenolic OH excluding ortho intramolecular Hbond substituents is 1. The Hall–Kier alpha value is -1.77. The van der Waals surface area contributed by atoms with E-state index in [1.807, 2.05) is 26.8 Å². The first-order valence-corrected chi connectivity index (χ1v) is 8.24. The molecule has 3 heteroatoms. The van der Waals surface area contributed by atoms with E-state index >= 15 is 0 Å². The smallest absolute Gasteiger partial charge is 0.339 e. The highest BCUT2D eigenvalue weighted by Crippen LogP contribution is 2.30. The first kappa shape index (κ1) is 16.6.